The van der Waals surface area contributed by atoms with Crippen LogP contribution in [0, 0.1) is 25.5 Å². The second-order valence-electron chi connectivity index (χ2n) is 6.49. The third-order valence-electron chi connectivity index (χ3n) is 4.05. The van der Waals surface area contributed by atoms with Crippen LogP contribution in [0.5, 0.6) is 11.6 Å². The lowest BCUT2D eigenvalue weighted by molar-refractivity contribution is -0.138. The molecule has 1 N–H and O–H groups in total. The Morgan fingerprint density at radius 2 is 1.57 bits per heavy atom. The minimum absolute atomic E-state index is 0.0318. The first kappa shape index (κ1) is 21.2. The number of anilines is 1. The molecule has 0 aliphatic rings. The third kappa shape index (κ3) is 4.73. The second-order valence-corrected chi connectivity index (χ2v) is 6.49. The number of pyridine rings is 1. The fourth-order valence-electron chi connectivity index (χ4n) is 2.65. The molecule has 2 aromatic carbocycles. The van der Waals surface area contributed by atoms with Crippen molar-refractivity contribution in [2.24, 2.45) is 0 Å². The van der Waals surface area contributed by atoms with E-state index in [2.05, 4.69) is 10.3 Å². The first-order valence-electron chi connectivity index (χ1n) is 8.64. The Labute approximate surface area is 168 Å². The molecular weight excluding hydrogens is 407 g/mol. The van der Waals surface area contributed by atoms with E-state index in [1.807, 2.05) is 0 Å². The van der Waals surface area contributed by atoms with Crippen LogP contribution >= 0.6 is 0 Å². The van der Waals surface area contributed by atoms with Gasteiger partial charge in [0.05, 0.1) is 0 Å². The predicted octanol–water partition coefficient (Wildman–Crippen LogP) is 6.04. The van der Waals surface area contributed by atoms with Crippen LogP contribution in [0.3, 0.4) is 0 Å². The number of ether oxygens (including phenoxy) is 1. The number of aromatic nitrogens is 1. The molecule has 0 atom stereocenters. The van der Waals surface area contributed by atoms with Gasteiger partial charge < -0.3 is 10.1 Å². The van der Waals surface area contributed by atoms with Crippen molar-refractivity contribution in [2.75, 3.05) is 5.32 Å². The average Bonchev–Trinajstić information content (AvgIpc) is 2.61. The number of hydrogen-bond donors (Lipinski definition) is 1. The van der Waals surface area contributed by atoms with Gasteiger partial charge in [-0.25, -0.2) is 13.8 Å². The molecule has 0 saturated carbocycles. The SMILES string of the molecule is Cc1cc(F)c(C(=O)Nc2ccc(Oc3nc(C)ccc3C(F)(F)F)cc2)c(F)c1. The molecule has 156 valence electrons. The fourth-order valence-corrected chi connectivity index (χ4v) is 2.65. The van der Waals surface area contributed by atoms with Crippen molar-refractivity contribution in [3.05, 3.63) is 82.5 Å². The molecule has 1 aromatic heterocycles. The Morgan fingerprint density at radius 3 is 2.13 bits per heavy atom. The number of nitrogens with zero attached hydrogens (tertiary/aromatic N) is 1. The first-order valence-corrected chi connectivity index (χ1v) is 8.64. The summed E-state index contributed by atoms with van der Waals surface area (Å²) in [4.78, 5) is 16.0. The summed E-state index contributed by atoms with van der Waals surface area (Å²) < 4.78 is 72.4. The van der Waals surface area contributed by atoms with E-state index in [9.17, 15) is 26.7 Å². The highest BCUT2D eigenvalue weighted by molar-refractivity contribution is 6.04. The number of halogens is 5. The van der Waals surface area contributed by atoms with Crippen molar-refractivity contribution in [3.8, 4) is 11.6 Å². The molecule has 0 aliphatic carbocycles. The van der Waals surface area contributed by atoms with E-state index in [-0.39, 0.29) is 11.4 Å². The molecule has 0 spiro atoms. The summed E-state index contributed by atoms with van der Waals surface area (Å²) in [7, 11) is 0. The van der Waals surface area contributed by atoms with Crippen LogP contribution < -0.4 is 10.1 Å². The normalized spacial score (nSPS) is 11.3. The number of amides is 1. The minimum atomic E-state index is -4.65. The van der Waals surface area contributed by atoms with Gasteiger partial charge in [0.15, 0.2) is 0 Å². The predicted molar refractivity (Wildman–Crippen MR) is 99.5 cm³/mol. The van der Waals surface area contributed by atoms with Crippen LogP contribution in [-0.2, 0) is 6.18 Å². The van der Waals surface area contributed by atoms with Crippen molar-refractivity contribution in [2.45, 2.75) is 20.0 Å². The van der Waals surface area contributed by atoms with Crippen molar-refractivity contribution in [3.63, 3.8) is 0 Å². The van der Waals surface area contributed by atoms with Crippen molar-refractivity contribution < 1.29 is 31.5 Å². The molecule has 0 saturated heterocycles. The van der Waals surface area contributed by atoms with E-state index in [4.69, 9.17) is 4.74 Å². The molecule has 4 nitrogen and oxygen atoms in total. The van der Waals surface area contributed by atoms with Gasteiger partial charge in [-0.05, 0) is 67.9 Å². The molecule has 3 aromatic rings. The molecule has 0 bridgehead atoms. The topological polar surface area (TPSA) is 51.2 Å². The van der Waals surface area contributed by atoms with Gasteiger partial charge in [0.2, 0.25) is 5.88 Å². The highest BCUT2D eigenvalue weighted by Crippen LogP contribution is 2.37. The molecule has 30 heavy (non-hydrogen) atoms. The molecule has 0 radical (unpaired) electrons. The summed E-state index contributed by atoms with van der Waals surface area (Å²) in [6, 6.07) is 9.38. The van der Waals surface area contributed by atoms with Crippen LogP contribution in [0.2, 0.25) is 0 Å². The summed E-state index contributed by atoms with van der Waals surface area (Å²) in [5.74, 6) is -3.59. The van der Waals surface area contributed by atoms with E-state index in [1.165, 1.54) is 44.2 Å². The first-order chi connectivity index (χ1) is 14.0. The maximum atomic E-state index is 13.9. The van der Waals surface area contributed by atoms with Crippen LogP contribution in [-0.4, -0.2) is 10.9 Å². The van der Waals surface area contributed by atoms with E-state index in [0.717, 1.165) is 18.2 Å². The Morgan fingerprint density at radius 1 is 0.967 bits per heavy atom. The van der Waals surface area contributed by atoms with Gasteiger partial charge in [0.25, 0.3) is 5.91 Å². The number of alkyl halides is 3. The zero-order chi connectivity index (χ0) is 22.1. The lowest BCUT2D eigenvalue weighted by Crippen LogP contribution is -2.16. The molecule has 0 fully saturated rings. The zero-order valence-electron chi connectivity index (χ0n) is 15.8. The molecular formula is C21H15F5N2O2. The van der Waals surface area contributed by atoms with E-state index in [1.54, 1.807) is 0 Å². The Hall–Kier alpha value is -3.49. The maximum absolute atomic E-state index is 13.9. The molecule has 0 unspecified atom stereocenters. The fraction of sp³-hybridized carbons (Fsp3) is 0.143. The molecule has 1 amide bonds. The zero-order valence-corrected chi connectivity index (χ0v) is 15.8. The van der Waals surface area contributed by atoms with Crippen molar-refractivity contribution >= 4 is 11.6 Å². The summed E-state index contributed by atoms with van der Waals surface area (Å²) in [5, 5.41) is 2.33. The van der Waals surface area contributed by atoms with Crippen LogP contribution in [0.15, 0.2) is 48.5 Å². The van der Waals surface area contributed by atoms with Gasteiger partial charge in [0, 0.05) is 11.4 Å². The van der Waals surface area contributed by atoms with Gasteiger partial charge >= 0.3 is 6.18 Å². The lowest BCUT2D eigenvalue weighted by Gasteiger charge is -2.13. The number of hydrogen-bond acceptors (Lipinski definition) is 3. The number of rotatable bonds is 4. The highest BCUT2D eigenvalue weighted by atomic mass is 19.4. The van der Waals surface area contributed by atoms with E-state index < -0.39 is 40.7 Å². The summed E-state index contributed by atoms with van der Waals surface area (Å²) in [6.45, 7) is 3.01. The average molecular weight is 422 g/mol. The monoisotopic (exact) mass is 422 g/mol. The number of aryl methyl sites for hydroxylation is 2. The Balaban J connectivity index is 1.78. The maximum Gasteiger partial charge on any atom is 0.421 e. The number of carbonyl (C=O) groups is 1. The quantitative estimate of drug-likeness (QED) is 0.522. The molecule has 0 aliphatic heterocycles. The Bertz CT molecular complexity index is 1070. The van der Waals surface area contributed by atoms with Crippen LogP contribution in [0.1, 0.15) is 27.2 Å². The van der Waals surface area contributed by atoms with E-state index >= 15 is 0 Å². The van der Waals surface area contributed by atoms with Crippen molar-refractivity contribution in [1.29, 1.82) is 0 Å². The number of carbonyl (C=O) groups excluding carboxylic acids is 1. The Kier molecular flexibility index (Phi) is 5.73. The number of benzene rings is 2. The van der Waals surface area contributed by atoms with Gasteiger partial charge in [-0.1, -0.05) is 0 Å². The minimum Gasteiger partial charge on any atom is -0.438 e. The van der Waals surface area contributed by atoms with Crippen molar-refractivity contribution in [1.82, 2.24) is 4.98 Å². The van der Waals surface area contributed by atoms with Crippen LogP contribution in [0.25, 0.3) is 0 Å². The smallest absolute Gasteiger partial charge is 0.421 e. The molecule has 1 heterocycles. The van der Waals surface area contributed by atoms with Crippen LogP contribution in [0.4, 0.5) is 27.6 Å². The lowest BCUT2D eigenvalue weighted by atomic mass is 10.1. The van der Waals surface area contributed by atoms with E-state index in [0.29, 0.717) is 11.3 Å². The highest BCUT2D eigenvalue weighted by Gasteiger charge is 2.35. The van der Waals surface area contributed by atoms with Gasteiger partial charge in [-0.3, -0.25) is 4.79 Å². The standard InChI is InChI=1S/C21H15F5N2O2/c1-11-9-16(22)18(17(23)10-11)19(29)28-13-4-6-14(7-5-13)30-20-15(21(24,25)26)8-3-12(2)27-20/h3-10H,1-2H3,(H,28,29). The summed E-state index contributed by atoms with van der Waals surface area (Å²) >= 11 is 0. The summed E-state index contributed by atoms with van der Waals surface area (Å²) in [5.41, 5.74) is -0.939. The summed E-state index contributed by atoms with van der Waals surface area (Å²) in [6.07, 6.45) is -4.65. The third-order valence-corrected chi connectivity index (χ3v) is 4.05. The number of nitrogens with one attached hydrogen (secondary N) is 1. The van der Waals surface area contributed by atoms with Gasteiger partial charge in [-0.2, -0.15) is 13.2 Å². The largest absolute Gasteiger partial charge is 0.438 e. The van der Waals surface area contributed by atoms with Gasteiger partial charge in [-0.15, -0.1) is 0 Å². The molecule has 3 rings (SSSR count). The second kappa shape index (κ2) is 8.10. The van der Waals surface area contributed by atoms with Gasteiger partial charge in [0.1, 0.15) is 28.5 Å². The molecule has 9 heteroatoms.